The molecule has 1 N–H and O–H groups in total. The number of nitrogens with zero attached hydrogens (tertiary/aromatic N) is 4. The van der Waals surface area contributed by atoms with E-state index in [0.29, 0.717) is 15.7 Å². The number of hydrogen-bond acceptors (Lipinski definition) is 9. The molecular weight excluding hydrogens is 585 g/mol. The molecule has 1 aliphatic rings. The number of non-ortho nitro benzene ring substituents is 1. The van der Waals surface area contributed by atoms with Crippen molar-refractivity contribution in [3.8, 4) is 0 Å². The van der Waals surface area contributed by atoms with Crippen LogP contribution in [0, 0.1) is 10.1 Å². The van der Waals surface area contributed by atoms with Gasteiger partial charge in [0.15, 0.2) is 15.9 Å². The second-order valence-electron chi connectivity index (χ2n) is 9.57. The first-order valence-electron chi connectivity index (χ1n) is 13.1. The molecule has 1 unspecified atom stereocenters. The molecule has 4 aromatic carbocycles. The Morgan fingerprint density at radius 3 is 2.47 bits per heavy atom. The topological polar surface area (TPSA) is 127 Å². The number of aromatic nitrogens is 2. The van der Waals surface area contributed by atoms with Crippen molar-refractivity contribution in [3.05, 3.63) is 141 Å². The summed E-state index contributed by atoms with van der Waals surface area (Å²) in [5.74, 6) is -1.46. The van der Waals surface area contributed by atoms with Gasteiger partial charge in [-0.3, -0.25) is 24.6 Å². The molecule has 0 fully saturated rings. The summed E-state index contributed by atoms with van der Waals surface area (Å²) in [5, 5.41) is 33.2. The second kappa shape index (κ2) is 12.0. The molecule has 1 atom stereocenters. The van der Waals surface area contributed by atoms with Gasteiger partial charge >= 0.3 is 0 Å². The number of aliphatic hydroxyl groups is 1. The summed E-state index contributed by atoms with van der Waals surface area (Å²) in [6, 6.07) is 27.8. The first kappa shape index (κ1) is 28.0. The highest BCUT2D eigenvalue weighted by Crippen LogP contribution is 2.43. The predicted octanol–water partition coefficient (Wildman–Crippen LogP) is 7.07. The molecule has 212 valence electrons. The van der Waals surface area contributed by atoms with E-state index in [9.17, 15) is 24.8 Å². The lowest BCUT2D eigenvalue weighted by Gasteiger charge is -2.23. The number of benzene rings is 4. The zero-order chi connectivity index (χ0) is 29.9. The van der Waals surface area contributed by atoms with E-state index < -0.39 is 28.4 Å². The maximum atomic E-state index is 13.5. The molecule has 11 heteroatoms. The highest BCUT2D eigenvalue weighted by molar-refractivity contribution is 8.00. The van der Waals surface area contributed by atoms with Crippen LogP contribution in [-0.4, -0.2) is 31.9 Å². The van der Waals surface area contributed by atoms with Crippen molar-refractivity contribution in [2.45, 2.75) is 16.1 Å². The molecule has 0 aliphatic carbocycles. The first-order chi connectivity index (χ1) is 20.9. The van der Waals surface area contributed by atoms with Crippen LogP contribution in [0.3, 0.4) is 0 Å². The van der Waals surface area contributed by atoms with Crippen LogP contribution in [0.25, 0.3) is 16.8 Å². The summed E-state index contributed by atoms with van der Waals surface area (Å²) < 4.78 is 0.599. The molecule has 9 nitrogen and oxygen atoms in total. The Morgan fingerprint density at radius 1 is 0.977 bits per heavy atom. The molecule has 0 bridgehead atoms. The number of thioether (sulfide) groups is 1. The Labute approximate surface area is 254 Å². The van der Waals surface area contributed by atoms with E-state index in [4.69, 9.17) is 0 Å². The van der Waals surface area contributed by atoms with E-state index in [1.807, 2.05) is 48.5 Å². The van der Waals surface area contributed by atoms with E-state index in [0.717, 1.165) is 33.2 Å². The van der Waals surface area contributed by atoms with Crippen LogP contribution in [0.1, 0.15) is 22.7 Å². The number of carbonyl (C=O) groups is 2. The monoisotopic (exact) mass is 606 g/mol. The molecular formula is C32H22N4O5S2. The lowest BCUT2D eigenvalue weighted by Crippen LogP contribution is -2.30. The van der Waals surface area contributed by atoms with Gasteiger partial charge < -0.3 is 5.11 Å². The summed E-state index contributed by atoms with van der Waals surface area (Å²) in [7, 11) is 0. The van der Waals surface area contributed by atoms with Crippen LogP contribution in [-0.2, 0) is 15.3 Å². The van der Waals surface area contributed by atoms with Gasteiger partial charge in [-0.25, -0.2) is 0 Å². The molecule has 6 rings (SSSR count). The van der Waals surface area contributed by atoms with E-state index in [-0.39, 0.29) is 16.4 Å². The molecule has 43 heavy (non-hydrogen) atoms. The third-order valence-corrected chi connectivity index (χ3v) is 9.06. The number of carbonyl (C=O) groups excluding carboxylic acids is 2. The SMILES string of the molecule is O=C(C=Cc1ccccc1)C1=C(O)C(=O)N(c2nnc(SCc3cccc4ccccc34)s2)C1c1ccc([N+](=O)[O-])cc1. The van der Waals surface area contributed by atoms with Crippen LogP contribution in [0.5, 0.6) is 0 Å². The van der Waals surface area contributed by atoms with Crippen molar-refractivity contribution in [2.24, 2.45) is 0 Å². The molecule has 1 aliphatic heterocycles. The first-order valence-corrected chi connectivity index (χ1v) is 14.9. The Hall–Kier alpha value is -5.13. The maximum Gasteiger partial charge on any atom is 0.296 e. The Kier molecular flexibility index (Phi) is 7.82. The van der Waals surface area contributed by atoms with Gasteiger partial charge in [0.25, 0.3) is 11.6 Å². The normalized spacial score (nSPS) is 15.1. The van der Waals surface area contributed by atoms with Crippen molar-refractivity contribution < 1.29 is 19.6 Å². The highest BCUT2D eigenvalue weighted by Gasteiger charge is 2.45. The molecule has 0 saturated carbocycles. The zero-order valence-corrected chi connectivity index (χ0v) is 24.0. The molecule has 1 amide bonds. The van der Waals surface area contributed by atoms with Crippen molar-refractivity contribution in [1.29, 1.82) is 0 Å². The summed E-state index contributed by atoms with van der Waals surface area (Å²) in [6.45, 7) is 0. The van der Waals surface area contributed by atoms with Crippen LogP contribution in [0.15, 0.2) is 119 Å². The number of ketones is 1. The average Bonchev–Trinajstić information content (AvgIpc) is 3.61. The minimum absolute atomic E-state index is 0.146. The fourth-order valence-corrected chi connectivity index (χ4v) is 6.76. The number of nitro groups is 1. The molecule has 0 radical (unpaired) electrons. The molecule has 1 aromatic heterocycles. The maximum absolute atomic E-state index is 13.5. The number of anilines is 1. The summed E-state index contributed by atoms with van der Waals surface area (Å²) in [4.78, 5) is 38.9. The second-order valence-corrected chi connectivity index (χ2v) is 11.8. The molecule has 0 spiro atoms. The molecule has 2 heterocycles. The van der Waals surface area contributed by atoms with Gasteiger partial charge in [-0.1, -0.05) is 102 Å². The number of amides is 1. The third-order valence-electron chi connectivity index (χ3n) is 6.95. The van der Waals surface area contributed by atoms with Gasteiger partial charge in [0.05, 0.1) is 16.5 Å². The minimum atomic E-state index is -1.06. The van der Waals surface area contributed by atoms with Gasteiger partial charge in [0, 0.05) is 17.9 Å². The standard InChI is InChI=1S/C32H22N4O5S2/c37-26(18-13-20-7-2-1-3-8-20)27-28(22-14-16-24(17-15-22)36(40)41)35(30(39)29(27)38)31-33-34-32(43-31)42-19-23-11-6-10-21-9-4-5-12-25(21)23/h1-18,28,38H,19H2. The van der Waals surface area contributed by atoms with Crippen molar-refractivity contribution in [1.82, 2.24) is 10.2 Å². The van der Waals surface area contributed by atoms with E-state index in [1.165, 1.54) is 47.0 Å². The van der Waals surface area contributed by atoms with Crippen molar-refractivity contribution in [3.63, 3.8) is 0 Å². The number of hydrogen-bond donors (Lipinski definition) is 1. The fraction of sp³-hybridized carbons (Fsp3) is 0.0625. The van der Waals surface area contributed by atoms with Crippen molar-refractivity contribution >= 4 is 62.5 Å². The van der Waals surface area contributed by atoms with E-state index in [1.54, 1.807) is 6.08 Å². The Morgan fingerprint density at radius 2 is 1.70 bits per heavy atom. The van der Waals surface area contributed by atoms with Gasteiger partial charge in [-0.15, -0.1) is 10.2 Å². The Bertz CT molecular complexity index is 1910. The quantitative estimate of drug-likeness (QED) is 0.0620. The summed E-state index contributed by atoms with van der Waals surface area (Å²) >= 11 is 2.62. The highest BCUT2D eigenvalue weighted by atomic mass is 32.2. The van der Waals surface area contributed by atoms with Crippen molar-refractivity contribution in [2.75, 3.05) is 4.90 Å². The van der Waals surface area contributed by atoms with Gasteiger partial charge in [-0.2, -0.15) is 0 Å². The number of rotatable bonds is 9. The van der Waals surface area contributed by atoms with Crippen LogP contribution < -0.4 is 4.90 Å². The van der Waals surface area contributed by atoms with E-state index >= 15 is 0 Å². The van der Waals surface area contributed by atoms with Crippen LogP contribution in [0.2, 0.25) is 0 Å². The number of allylic oxidation sites excluding steroid dienone is 1. The Balaban J connectivity index is 1.32. The number of nitro benzene ring substituents is 1. The summed E-state index contributed by atoms with van der Waals surface area (Å²) in [5.41, 5.74) is 2.00. The average molecular weight is 607 g/mol. The van der Waals surface area contributed by atoms with E-state index in [2.05, 4.69) is 34.5 Å². The lowest BCUT2D eigenvalue weighted by atomic mass is 9.95. The fourth-order valence-electron chi connectivity index (χ4n) is 4.89. The zero-order valence-electron chi connectivity index (χ0n) is 22.4. The third kappa shape index (κ3) is 5.68. The largest absolute Gasteiger partial charge is 0.503 e. The smallest absolute Gasteiger partial charge is 0.296 e. The molecule has 5 aromatic rings. The predicted molar refractivity (Wildman–Crippen MR) is 167 cm³/mol. The number of fused-ring (bicyclic) bond motifs is 1. The van der Waals surface area contributed by atoms with Gasteiger partial charge in [0.2, 0.25) is 5.13 Å². The number of aliphatic hydroxyl groups excluding tert-OH is 1. The van der Waals surface area contributed by atoms with Crippen LogP contribution >= 0.6 is 23.1 Å². The lowest BCUT2D eigenvalue weighted by molar-refractivity contribution is -0.384. The van der Waals surface area contributed by atoms with Gasteiger partial charge in [-0.05, 0) is 45.7 Å². The van der Waals surface area contributed by atoms with Gasteiger partial charge in [0.1, 0.15) is 0 Å². The minimum Gasteiger partial charge on any atom is -0.503 e. The molecule has 0 saturated heterocycles. The van der Waals surface area contributed by atoms with Crippen LogP contribution in [0.4, 0.5) is 10.8 Å². The summed E-state index contributed by atoms with van der Waals surface area (Å²) in [6.07, 6.45) is 2.89.